The van der Waals surface area contributed by atoms with Crippen molar-refractivity contribution in [2.45, 2.75) is 13.3 Å². The van der Waals surface area contributed by atoms with E-state index in [0.717, 1.165) is 23.4 Å². The number of anilines is 2. The van der Waals surface area contributed by atoms with Crippen molar-refractivity contribution in [1.82, 2.24) is 4.37 Å². The first-order chi connectivity index (χ1) is 6.72. The summed E-state index contributed by atoms with van der Waals surface area (Å²) in [6.45, 7) is 3.27. The topological polar surface area (TPSA) is 60.2 Å². The van der Waals surface area contributed by atoms with E-state index in [1.807, 2.05) is 0 Å². The Morgan fingerprint density at radius 1 is 1.71 bits per heavy atom. The molecule has 1 aliphatic carbocycles. The van der Waals surface area contributed by atoms with Gasteiger partial charge in [-0.1, -0.05) is 6.92 Å². The van der Waals surface area contributed by atoms with Gasteiger partial charge in [-0.2, -0.15) is 4.37 Å². The molecular weight excluding hydrogens is 198 g/mol. The zero-order chi connectivity index (χ0) is 10.1. The molecule has 0 spiro atoms. The van der Waals surface area contributed by atoms with Crippen LogP contribution in [-0.2, 0) is 0 Å². The average Bonchev–Trinajstić information content (AvgIpc) is 2.74. The smallest absolute Gasteiger partial charge is 0.197 e. The van der Waals surface area contributed by atoms with Crippen LogP contribution in [0, 0.1) is 11.8 Å². The van der Waals surface area contributed by atoms with E-state index in [1.165, 1.54) is 18.0 Å². The van der Waals surface area contributed by atoms with Crippen LogP contribution in [0.5, 0.6) is 5.75 Å². The van der Waals surface area contributed by atoms with Gasteiger partial charge in [0.1, 0.15) is 0 Å². The van der Waals surface area contributed by atoms with E-state index >= 15 is 0 Å². The van der Waals surface area contributed by atoms with E-state index in [4.69, 9.17) is 10.5 Å². The third-order valence-corrected chi connectivity index (χ3v) is 3.48. The van der Waals surface area contributed by atoms with Crippen molar-refractivity contribution in [3.05, 3.63) is 0 Å². The fourth-order valence-electron chi connectivity index (χ4n) is 1.51. The summed E-state index contributed by atoms with van der Waals surface area (Å²) in [4.78, 5) is 0. The molecule has 0 aromatic carbocycles. The minimum atomic E-state index is 0.476. The van der Waals surface area contributed by atoms with E-state index in [1.54, 1.807) is 7.11 Å². The molecule has 2 rings (SSSR count). The summed E-state index contributed by atoms with van der Waals surface area (Å²) in [6, 6.07) is 0. The average molecular weight is 213 g/mol. The molecule has 1 fully saturated rings. The van der Waals surface area contributed by atoms with Crippen LogP contribution in [-0.4, -0.2) is 18.0 Å². The highest BCUT2D eigenvalue weighted by molar-refractivity contribution is 7.11. The SMILES string of the molecule is COc1c(N)nsc1NCC1CC1C. The maximum Gasteiger partial charge on any atom is 0.197 e. The van der Waals surface area contributed by atoms with E-state index in [-0.39, 0.29) is 0 Å². The number of rotatable bonds is 4. The quantitative estimate of drug-likeness (QED) is 0.800. The highest BCUT2D eigenvalue weighted by Gasteiger charge is 2.32. The fourth-order valence-corrected chi connectivity index (χ4v) is 2.20. The number of nitrogens with two attached hydrogens (primary N) is 1. The normalized spacial score (nSPS) is 24.7. The number of hydrogen-bond acceptors (Lipinski definition) is 5. The van der Waals surface area contributed by atoms with Gasteiger partial charge in [0.05, 0.1) is 7.11 Å². The standard InChI is InChI=1S/C9H15N3OS/c1-5-3-6(5)4-11-9-7(13-2)8(10)12-14-9/h5-6,11H,3-4H2,1-2H3,(H2,10,12). The van der Waals surface area contributed by atoms with Gasteiger partial charge in [-0.15, -0.1) is 0 Å². The Bertz CT molecular complexity index is 326. The Morgan fingerprint density at radius 3 is 3.00 bits per heavy atom. The highest BCUT2D eigenvalue weighted by Crippen LogP contribution is 2.40. The molecule has 5 heteroatoms. The second-order valence-corrected chi connectivity index (χ2v) is 4.56. The summed E-state index contributed by atoms with van der Waals surface area (Å²) in [6.07, 6.45) is 1.32. The second kappa shape index (κ2) is 3.65. The minimum Gasteiger partial charge on any atom is -0.490 e. The number of nitrogens with one attached hydrogen (secondary N) is 1. The summed E-state index contributed by atoms with van der Waals surface area (Å²) in [5.74, 6) is 2.83. The first-order valence-electron chi connectivity index (χ1n) is 4.75. The van der Waals surface area contributed by atoms with E-state index in [9.17, 15) is 0 Å². The third kappa shape index (κ3) is 1.77. The molecule has 0 bridgehead atoms. The van der Waals surface area contributed by atoms with Crippen LogP contribution < -0.4 is 15.8 Å². The van der Waals surface area contributed by atoms with E-state index in [2.05, 4.69) is 16.6 Å². The number of aromatic nitrogens is 1. The van der Waals surface area contributed by atoms with Crippen molar-refractivity contribution in [3.8, 4) is 5.75 Å². The molecule has 2 unspecified atom stereocenters. The van der Waals surface area contributed by atoms with Gasteiger partial charge < -0.3 is 15.8 Å². The van der Waals surface area contributed by atoms with Crippen molar-refractivity contribution in [3.63, 3.8) is 0 Å². The second-order valence-electron chi connectivity index (χ2n) is 3.78. The first kappa shape index (κ1) is 9.58. The number of nitrogen functional groups attached to an aromatic ring is 1. The first-order valence-corrected chi connectivity index (χ1v) is 5.52. The number of ether oxygens (including phenoxy) is 1. The lowest BCUT2D eigenvalue weighted by Gasteiger charge is -2.04. The molecular formula is C9H15N3OS. The fraction of sp³-hybridized carbons (Fsp3) is 0.667. The van der Waals surface area contributed by atoms with Crippen LogP contribution in [0.3, 0.4) is 0 Å². The number of nitrogens with zero attached hydrogens (tertiary/aromatic N) is 1. The maximum absolute atomic E-state index is 5.64. The Morgan fingerprint density at radius 2 is 2.43 bits per heavy atom. The molecule has 2 atom stereocenters. The van der Waals surface area contributed by atoms with Gasteiger partial charge in [-0.05, 0) is 29.8 Å². The largest absolute Gasteiger partial charge is 0.490 e. The van der Waals surface area contributed by atoms with Crippen molar-refractivity contribution in [2.24, 2.45) is 11.8 Å². The summed E-state index contributed by atoms with van der Waals surface area (Å²) >= 11 is 1.36. The molecule has 1 aromatic heterocycles. The Labute approximate surface area is 87.6 Å². The molecule has 0 aliphatic heterocycles. The summed E-state index contributed by atoms with van der Waals surface area (Å²) in [5.41, 5.74) is 5.64. The number of hydrogen-bond donors (Lipinski definition) is 2. The third-order valence-electron chi connectivity index (χ3n) is 2.68. The zero-order valence-electron chi connectivity index (χ0n) is 8.41. The van der Waals surface area contributed by atoms with Crippen molar-refractivity contribution < 1.29 is 4.74 Å². The summed E-state index contributed by atoms with van der Waals surface area (Å²) < 4.78 is 9.19. The Hall–Kier alpha value is -0.970. The number of methoxy groups -OCH3 is 1. The van der Waals surface area contributed by atoms with Gasteiger partial charge in [0.2, 0.25) is 0 Å². The van der Waals surface area contributed by atoms with Crippen molar-refractivity contribution in [2.75, 3.05) is 24.7 Å². The van der Waals surface area contributed by atoms with Crippen LogP contribution in [0.15, 0.2) is 0 Å². The van der Waals surface area contributed by atoms with Crippen LogP contribution in [0.2, 0.25) is 0 Å². The molecule has 0 amide bonds. The molecule has 1 saturated carbocycles. The van der Waals surface area contributed by atoms with Crippen LogP contribution >= 0.6 is 11.5 Å². The molecule has 78 valence electrons. The maximum atomic E-state index is 5.64. The van der Waals surface area contributed by atoms with E-state index < -0.39 is 0 Å². The van der Waals surface area contributed by atoms with Crippen LogP contribution in [0.4, 0.5) is 10.8 Å². The zero-order valence-corrected chi connectivity index (χ0v) is 9.23. The Balaban J connectivity index is 1.94. The summed E-state index contributed by atoms with van der Waals surface area (Å²) in [5, 5.41) is 4.28. The lowest BCUT2D eigenvalue weighted by molar-refractivity contribution is 0.419. The van der Waals surface area contributed by atoms with Gasteiger partial charge >= 0.3 is 0 Å². The molecule has 4 nitrogen and oxygen atoms in total. The highest BCUT2D eigenvalue weighted by atomic mass is 32.1. The Kier molecular flexibility index (Phi) is 2.50. The predicted octanol–water partition coefficient (Wildman–Crippen LogP) is 1.80. The lowest BCUT2D eigenvalue weighted by atomic mass is 10.3. The minimum absolute atomic E-state index is 0.476. The molecule has 0 radical (unpaired) electrons. The molecule has 3 N–H and O–H groups in total. The lowest BCUT2D eigenvalue weighted by Crippen LogP contribution is -2.04. The molecule has 1 aliphatic rings. The van der Waals surface area contributed by atoms with Crippen LogP contribution in [0.25, 0.3) is 0 Å². The molecule has 1 heterocycles. The summed E-state index contributed by atoms with van der Waals surface area (Å²) in [7, 11) is 1.62. The van der Waals surface area contributed by atoms with Crippen LogP contribution in [0.1, 0.15) is 13.3 Å². The molecule has 1 aromatic rings. The van der Waals surface area contributed by atoms with E-state index in [0.29, 0.717) is 11.6 Å². The van der Waals surface area contributed by atoms with Crippen molar-refractivity contribution in [1.29, 1.82) is 0 Å². The monoisotopic (exact) mass is 213 g/mol. The van der Waals surface area contributed by atoms with Gasteiger partial charge in [-0.3, -0.25) is 0 Å². The van der Waals surface area contributed by atoms with Gasteiger partial charge in [-0.25, -0.2) is 0 Å². The van der Waals surface area contributed by atoms with Gasteiger partial charge in [0.25, 0.3) is 0 Å². The van der Waals surface area contributed by atoms with Gasteiger partial charge in [0, 0.05) is 6.54 Å². The molecule has 0 saturated heterocycles. The molecule has 14 heavy (non-hydrogen) atoms. The van der Waals surface area contributed by atoms with Gasteiger partial charge in [0.15, 0.2) is 16.6 Å². The van der Waals surface area contributed by atoms with Crippen molar-refractivity contribution >= 4 is 22.4 Å². The predicted molar refractivity (Wildman–Crippen MR) is 58.8 cm³/mol.